The summed E-state index contributed by atoms with van der Waals surface area (Å²) in [7, 11) is 0. The van der Waals surface area contributed by atoms with Gasteiger partial charge in [0.25, 0.3) is 0 Å². The van der Waals surface area contributed by atoms with Crippen LogP contribution in [0.3, 0.4) is 0 Å². The van der Waals surface area contributed by atoms with Gasteiger partial charge in [-0.15, -0.1) is 0 Å². The summed E-state index contributed by atoms with van der Waals surface area (Å²) in [5.41, 5.74) is 0. The van der Waals surface area contributed by atoms with Gasteiger partial charge < -0.3 is 20.6 Å². The van der Waals surface area contributed by atoms with Crippen molar-refractivity contribution < 1.29 is 20.1 Å². The minimum Gasteiger partial charge on any atom is -0.394 e. The van der Waals surface area contributed by atoms with Crippen molar-refractivity contribution in [2.75, 3.05) is 6.61 Å². The van der Waals surface area contributed by atoms with Crippen LogP contribution in [-0.2, 0) is 4.79 Å². The maximum Gasteiger partial charge on any atom is 0.222 e. The van der Waals surface area contributed by atoms with Crippen molar-refractivity contribution >= 4 is 5.91 Å². The first-order chi connectivity index (χ1) is 23.5. The maximum absolute atomic E-state index is 12.4. The van der Waals surface area contributed by atoms with Crippen LogP contribution in [-0.4, -0.2) is 46.1 Å². The predicted octanol–water partition coefficient (Wildman–Crippen LogP) is 11.8. The zero-order valence-corrected chi connectivity index (χ0v) is 32.1. The minimum atomic E-state index is -0.947. The lowest BCUT2D eigenvalue weighted by Gasteiger charge is -2.21. The van der Waals surface area contributed by atoms with E-state index >= 15 is 0 Å². The topological polar surface area (TPSA) is 89.8 Å². The Balaban J connectivity index is 3.68. The Labute approximate surface area is 299 Å². The predicted molar refractivity (Wildman–Crippen MR) is 208 cm³/mol. The lowest BCUT2D eigenvalue weighted by molar-refractivity contribution is -0.124. The number of hydrogen-bond acceptors (Lipinski definition) is 4. The number of allylic oxidation sites excluding steroid dienone is 3. The Morgan fingerprint density at radius 2 is 0.896 bits per heavy atom. The summed E-state index contributed by atoms with van der Waals surface area (Å²) in [6.07, 6.45) is 46.0. The molecule has 0 rings (SSSR count). The molecular weight excluding hydrogens is 594 g/mol. The summed E-state index contributed by atoms with van der Waals surface area (Å²) < 4.78 is 0. The summed E-state index contributed by atoms with van der Waals surface area (Å²) in [5.74, 6) is -0.323. The van der Waals surface area contributed by atoms with Crippen molar-refractivity contribution in [2.45, 2.75) is 238 Å². The largest absolute Gasteiger partial charge is 0.394 e. The Morgan fingerprint density at radius 1 is 0.521 bits per heavy atom. The third-order valence-corrected chi connectivity index (χ3v) is 9.74. The maximum atomic E-state index is 12.4. The monoisotopic (exact) mass is 678 g/mol. The fourth-order valence-electron chi connectivity index (χ4n) is 6.47. The van der Waals surface area contributed by atoms with E-state index < -0.39 is 18.2 Å². The number of aliphatic hydroxyl groups excluding tert-OH is 3. The summed E-state index contributed by atoms with van der Waals surface area (Å²) in [6.45, 7) is 4.20. The molecule has 0 radical (unpaired) electrons. The van der Waals surface area contributed by atoms with Gasteiger partial charge in [-0.1, -0.05) is 205 Å². The van der Waals surface area contributed by atoms with Gasteiger partial charge in [0.15, 0.2) is 0 Å². The number of carbonyl (C=O) groups excluding carboxylic acids is 1. The first-order valence-corrected chi connectivity index (χ1v) is 21.1. The molecular formula is C43H83NO4. The van der Waals surface area contributed by atoms with Gasteiger partial charge in [-0.05, 0) is 32.1 Å². The van der Waals surface area contributed by atoms with E-state index in [9.17, 15) is 20.1 Å². The van der Waals surface area contributed by atoms with Gasteiger partial charge >= 0.3 is 0 Å². The van der Waals surface area contributed by atoms with Gasteiger partial charge in [-0.3, -0.25) is 4.79 Å². The Kier molecular flexibility index (Phi) is 37.7. The highest BCUT2D eigenvalue weighted by Gasteiger charge is 2.20. The van der Waals surface area contributed by atoms with Crippen molar-refractivity contribution in [2.24, 2.45) is 0 Å². The fraction of sp³-hybridized carbons (Fsp3) is 0.884. The molecule has 0 heterocycles. The molecule has 4 N–H and O–H groups in total. The second-order valence-corrected chi connectivity index (χ2v) is 14.6. The smallest absolute Gasteiger partial charge is 0.222 e. The molecule has 284 valence electrons. The molecule has 48 heavy (non-hydrogen) atoms. The van der Waals surface area contributed by atoms with E-state index in [0.717, 1.165) is 32.1 Å². The molecule has 0 aliphatic heterocycles. The molecule has 0 bridgehead atoms. The van der Waals surface area contributed by atoms with E-state index in [0.29, 0.717) is 6.42 Å². The van der Waals surface area contributed by atoms with Crippen molar-refractivity contribution in [3.8, 4) is 0 Å². The van der Waals surface area contributed by atoms with Crippen LogP contribution in [0, 0.1) is 0 Å². The molecule has 0 aliphatic carbocycles. The van der Waals surface area contributed by atoms with E-state index in [2.05, 4.69) is 31.3 Å². The highest BCUT2D eigenvalue weighted by atomic mass is 16.3. The molecule has 3 atom stereocenters. The highest BCUT2D eigenvalue weighted by Crippen LogP contribution is 2.16. The third-order valence-electron chi connectivity index (χ3n) is 9.74. The molecule has 0 aromatic rings. The number of unbranched alkanes of at least 4 members (excludes halogenated alkanes) is 27. The number of aliphatic hydroxyl groups is 3. The number of nitrogens with one attached hydrogen (secondary N) is 1. The van der Waals surface area contributed by atoms with E-state index in [1.54, 1.807) is 6.08 Å². The van der Waals surface area contributed by atoms with Gasteiger partial charge in [-0.25, -0.2) is 0 Å². The first kappa shape index (κ1) is 46.8. The van der Waals surface area contributed by atoms with Gasteiger partial charge in [0.05, 0.1) is 31.3 Å². The molecule has 1 amide bonds. The third kappa shape index (κ3) is 34.7. The van der Waals surface area contributed by atoms with Crippen LogP contribution in [0.15, 0.2) is 24.3 Å². The molecule has 0 aliphatic rings. The Hall–Kier alpha value is -1.17. The fourth-order valence-corrected chi connectivity index (χ4v) is 6.47. The van der Waals surface area contributed by atoms with Crippen LogP contribution in [0.25, 0.3) is 0 Å². The van der Waals surface area contributed by atoms with Crippen molar-refractivity contribution in [1.82, 2.24) is 5.32 Å². The van der Waals surface area contributed by atoms with Crippen LogP contribution < -0.4 is 5.32 Å². The van der Waals surface area contributed by atoms with Crippen LogP contribution in [0.5, 0.6) is 0 Å². The second kappa shape index (κ2) is 38.6. The SMILES string of the molecule is CCCCCCCCCC/C=C/CC/C=C/C(O)C(CO)NC(=O)CC(O)CCCCCCCCCCCCCCCCCCCCC. The lowest BCUT2D eigenvalue weighted by atomic mass is 10.0. The molecule has 5 nitrogen and oxygen atoms in total. The molecule has 5 heteroatoms. The number of amides is 1. The van der Waals surface area contributed by atoms with Gasteiger partial charge in [-0.2, -0.15) is 0 Å². The zero-order valence-electron chi connectivity index (χ0n) is 32.1. The van der Waals surface area contributed by atoms with Crippen LogP contribution in [0.1, 0.15) is 219 Å². The van der Waals surface area contributed by atoms with E-state index in [1.807, 2.05) is 6.08 Å². The van der Waals surface area contributed by atoms with E-state index in [-0.39, 0.29) is 18.9 Å². The van der Waals surface area contributed by atoms with E-state index in [1.165, 1.54) is 161 Å². The average Bonchev–Trinajstić information content (AvgIpc) is 3.08. The lowest BCUT2D eigenvalue weighted by Crippen LogP contribution is -2.45. The Bertz CT molecular complexity index is 709. The summed E-state index contributed by atoms with van der Waals surface area (Å²) in [4.78, 5) is 12.4. The Morgan fingerprint density at radius 3 is 1.33 bits per heavy atom. The standard InChI is InChI=1S/C43H83NO4/c1-3-5-7-9-11-13-15-17-19-20-21-22-23-24-26-28-30-32-34-36-40(46)38-43(48)44-41(39-45)42(47)37-35-33-31-29-27-25-18-16-14-12-10-8-6-4-2/h27,29,35,37,40-42,45-47H,3-26,28,30-34,36,38-39H2,1-2H3,(H,44,48)/b29-27+,37-35+. The normalized spacial score (nSPS) is 13.9. The summed E-state index contributed by atoms with van der Waals surface area (Å²) >= 11 is 0. The molecule has 0 aromatic heterocycles. The molecule has 0 saturated carbocycles. The molecule has 0 spiro atoms. The number of carbonyl (C=O) groups is 1. The van der Waals surface area contributed by atoms with Crippen molar-refractivity contribution in [3.05, 3.63) is 24.3 Å². The van der Waals surface area contributed by atoms with Crippen molar-refractivity contribution in [1.29, 1.82) is 0 Å². The molecule has 3 unspecified atom stereocenters. The highest BCUT2D eigenvalue weighted by molar-refractivity contribution is 5.76. The minimum absolute atomic E-state index is 0.00956. The van der Waals surface area contributed by atoms with Crippen LogP contribution >= 0.6 is 0 Å². The second-order valence-electron chi connectivity index (χ2n) is 14.6. The summed E-state index contributed by atoms with van der Waals surface area (Å²) in [5, 5.41) is 33.1. The average molecular weight is 678 g/mol. The molecule has 0 fully saturated rings. The molecule has 0 saturated heterocycles. The van der Waals surface area contributed by atoms with Crippen LogP contribution in [0.2, 0.25) is 0 Å². The quantitative estimate of drug-likeness (QED) is 0.0387. The number of hydrogen-bond donors (Lipinski definition) is 4. The number of rotatable bonds is 38. The first-order valence-electron chi connectivity index (χ1n) is 21.1. The van der Waals surface area contributed by atoms with Crippen molar-refractivity contribution in [3.63, 3.8) is 0 Å². The van der Waals surface area contributed by atoms with E-state index in [4.69, 9.17) is 0 Å². The van der Waals surface area contributed by atoms with Crippen LogP contribution in [0.4, 0.5) is 0 Å². The van der Waals surface area contributed by atoms with Gasteiger partial charge in [0.2, 0.25) is 5.91 Å². The van der Waals surface area contributed by atoms with Gasteiger partial charge in [0.1, 0.15) is 0 Å². The molecule has 0 aromatic carbocycles. The summed E-state index contributed by atoms with van der Waals surface area (Å²) in [6, 6.07) is -0.756. The zero-order chi connectivity index (χ0) is 35.2. The van der Waals surface area contributed by atoms with Gasteiger partial charge in [0, 0.05) is 0 Å².